The minimum absolute atomic E-state index is 0.588. The molecule has 7 heteroatoms. The molecule has 0 saturated carbocycles. The van der Waals surface area contributed by atoms with Crippen molar-refractivity contribution < 1.29 is 8.94 Å². The zero-order valence-corrected chi connectivity index (χ0v) is 15.6. The first-order valence-electron chi connectivity index (χ1n) is 8.10. The van der Waals surface area contributed by atoms with Crippen LogP contribution in [0.15, 0.2) is 20.2 Å². The van der Waals surface area contributed by atoms with E-state index in [0.717, 1.165) is 40.0 Å². The van der Waals surface area contributed by atoms with Crippen LogP contribution in [0.5, 0.6) is 0 Å². The highest BCUT2D eigenvalue weighted by Gasteiger charge is 2.21. The summed E-state index contributed by atoms with van der Waals surface area (Å²) >= 11 is 3.32. The quantitative estimate of drug-likeness (QED) is 0.621. The summed E-state index contributed by atoms with van der Waals surface area (Å²) in [5, 5.41) is 13.0. The molecule has 5 nitrogen and oxygen atoms in total. The Labute approximate surface area is 148 Å². The molecule has 4 rings (SSSR count). The van der Waals surface area contributed by atoms with Crippen molar-refractivity contribution in [3.63, 3.8) is 0 Å². The number of aryl methyl sites for hydroxylation is 3. The second-order valence-electron chi connectivity index (χ2n) is 6.37. The normalized spacial score (nSPS) is 17.2. The molecule has 3 aromatic rings. The van der Waals surface area contributed by atoms with Crippen LogP contribution in [-0.2, 0) is 18.6 Å². The van der Waals surface area contributed by atoms with Gasteiger partial charge in [0.2, 0.25) is 0 Å². The van der Waals surface area contributed by atoms with Gasteiger partial charge < -0.3 is 8.94 Å². The van der Waals surface area contributed by atoms with Crippen LogP contribution < -0.4 is 0 Å². The highest BCUT2D eigenvalue weighted by atomic mass is 32.2. The van der Waals surface area contributed by atoms with E-state index in [1.807, 2.05) is 13.8 Å². The summed E-state index contributed by atoms with van der Waals surface area (Å²) in [5.74, 6) is 2.97. The number of thiophene rings is 1. The third-order valence-corrected chi connectivity index (χ3v) is 6.54. The number of aromatic nitrogens is 3. The average Bonchev–Trinajstić information content (AvgIpc) is 3.25. The van der Waals surface area contributed by atoms with Gasteiger partial charge in [-0.25, -0.2) is 0 Å². The Balaban J connectivity index is 1.49. The molecule has 0 bridgehead atoms. The molecule has 0 spiro atoms. The molecule has 24 heavy (non-hydrogen) atoms. The molecule has 1 aliphatic rings. The van der Waals surface area contributed by atoms with Gasteiger partial charge in [0.05, 0.1) is 10.6 Å². The molecule has 0 saturated heterocycles. The number of rotatable bonds is 4. The summed E-state index contributed by atoms with van der Waals surface area (Å²) in [5.41, 5.74) is 3.47. The SMILES string of the molecule is Cc1noc(C)c1CSc1nnc(-c2cc3c(s2)CC[C@H](C)C3)o1. The van der Waals surface area contributed by atoms with Gasteiger partial charge in [0, 0.05) is 16.2 Å². The standard InChI is InChI=1S/C17H19N3O2S2/c1-9-4-5-14-12(6-9)7-15(24-14)16-18-19-17(21-16)23-8-13-10(2)20-22-11(13)3/h7,9H,4-6,8H2,1-3H3/t9-/m0/s1. The van der Waals surface area contributed by atoms with Crippen molar-refractivity contribution in [3.05, 3.63) is 33.5 Å². The lowest BCUT2D eigenvalue weighted by molar-refractivity contribution is 0.392. The van der Waals surface area contributed by atoms with Gasteiger partial charge in [0.1, 0.15) is 5.76 Å². The molecule has 0 amide bonds. The second-order valence-corrected chi connectivity index (χ2v) is 8.43. The van der Waals surface area contributed by atoms with Crippen LogP contribution in [0.2, 0.25) is 0 Å². The molecule has 1 atom stereocenters. The topological polar surface area (TPSA) is 65.0 Å². The Morgan fingerprint density at radius 1 is 1.33 bits per heavy atom. The summed E-state index contributed by atoms with van der Waals surface area (Å²) in [6, 6.07) is 2.23. The van der Waals surface area contributed by atoms with Crippen LogP contribution in [0.4, 0.5) is 0 Å². The third kappa shape index (κ3) is 3.02. The Hall–Kier alpha value is -1.60. The van der Waals surface area contributed by atoms with Crippen molar-refractivity contribution in [2.45, 2.75) is 51.0 Å². The van der Waals surface area contributed by atoms with Gasteiger partial charge in [0.25, 0.3) is 11.1 Å². The summed E-state index contributed by atoms with van der Waals surface area (Å²) in [4.78, 5) is 2.57. The van der Waals surface area contributed by atoms with Gasteiger partial charge in [-0.05, 0) is 50.7 Å². The first-order valence-corrected chi connectivity index (χ1v) is 9.90. The van der Waals surface area contributed by atoms with Crippen molar-refractivity contribution in [2.24, 2.45) is 5.92 Å². The van der Waals surface area contributed by atoms with Crippen LogP contribution in [0, 0.1) is 19.8 Å². The van der Waals surface area contributed by atoms with E-state index in [1.165, 1.54) is 35.0 Å². The fourth-order valence-corrected chi connectivity index (χ4v) is 5.07. The predicted octanol–water partition coefficient (Wildman–Crippen LogP) is 4.82. The van der Waals surface area contributed by atoms with Gasteiger partial charge in [-0.2, -0.15) is 0 Å². The van der Waals surface area contributed by atoms with E-state index in [9.17, 15) is 0 Å². The molecule has 0 unspecified atom stereocenters. The highest BCUT2D eigenvalue weighted by Crippen LogP contribution is 2.37. The molecule has 0 N–H and O–H groups in total. The van der Waals surface area contributed by atoms with Crippen LogP contribution in [0.1, 0.15) is 40.8 Å². The lowest BCUT2D eigenvalue weighted by Crippen LogP contribution is -2.07. The van der Waals surface area contributed by atoms with Crippen molar-refractivity contribution in [1.29, 1.82) is 0 Å². The maximum absolute atomic E-state index is 5.85. The molecule has 0 fully saturated rings. The Kier molecular flexibility index (Phi) is 4.22. The number of nitrogens with zero attached hydrogens (tertiary/aromatic N) is 3. The van der Waals surface area contributed by atoms with E-state index in [2.05, 4.69) is 28.3 Å². The van der Waals surface area contributed by atoms with Gasteiger partial charge in [-0.1, -0.05) is 23.8 Å². The van der Waals surface area contributed by atoms with E-state index in [1.54, 1.807) is 11.3 Å². The molecule has 126 valence electrons. The Bertz CT molecular complexity index is 846. The fraction of sp³-hybridized carbons (Fsp3) is 0.471. The predicted molar refractivity (Wildman–Crippen MR) is 94.3 cm³/mol. The Morgan fingerprint density at radius 2 is 2.21 bits per heavy atom. The molecule has 3 aromatic heterocycles. The molecular formula is C17H19N3O2S2. The summed E-state index contributed by atoms with van der Waals surface area (Å²) < 4.78 is 11.0. The van der Waals surface area contributed by atoms with E-state index >= 15 is 0 Å². The summed E-state index contributed by atoms with van der Waals surface area (Å²) in [6.45, 7) is 6.19. The Morgan fingerprint density at radius 3 is 3.00 bits per heavy atom. The van der Waals surface area contributed by atoms with Gasteiger partial charge in [0.15, 0.2) is 0 Å². The van der Waals surface area contributed by atoms with Gasteiger partial charge >= 0.3 is 0 Å². The molecule has 0 radical (unpaired) electrons. The zero-order valence-electron chi connectivity index (χ0n) is 14.0. The van der Waals surface area contributed by atoms with Crippen molar-refractivity contribution in [3.8, 4) is 10.8 Å². The van der Waals surface area contributed by atoms with Crippen LogP contribution in [0.3, 0.4) is 0 Å². The number of hydrogen-bond acceptors (Lipinski definition) is 7. The van der Waals surface area contributed by atoms with Crippen LogP contribution in [0.25, 0.3) is 10.8 Å². The lowest BCUT2D eigenvalue weighted by Gasteiger charge is -2.16. The monoisotopic (exact) mass is 361 g/mol. The van der Waals surface area contributed by atoms with Crippen LogP contribution in [-0.4, -0.2) is 15.4 Å². The molecule has 0 aliphatic heterocycles. The van der Waals surface area contributed by atoms with E-state index in [4.69, 9.17) is 8.94 Å². The number of fused-ring (bicyclic) bond motifs is 1. The highest BCUT2D eigenvalue weighted by molar-refractivity contribution is 7.98. The van der Waals surface area contributed by atoms with Crippen molar-refractivity contribution in [1.82, 2.24) is 15.4 Å². The van der Waals surface area contributed by atoms with Gasteiger partial charge in [-0.15, -0.1) is 21.5 Å². The van der Waals surface area contributed by atoms with Crippen molar-refractivity contribution >= 4 is 23.1 Å². The molecule has 1 aliphatic carbocycles. The fourth-order valence-electron chi connectivity index (χ4n) is 3.02. The second kappa shape index (κ2) is 6.37. The lowest BCUT2D eigenvalue weighted by atomic mass is 9.90. The average molecular weight is 361 g/mol. The smallest absolute Gasteiger partial charge is 0.277 e. The molecule has 0 aromatic carbocycles. The first kappa shape index (κ1) is 15.9. The first-order chi connectivity index (χ1) is 11.6. The molecule has 3 heterocycles. The van der Waals surface area contributed by atoms with Gasteiger partial charge in [-0.3, -0.25) is 0 Å². The van der Waals surface area contributed by atoms with Crippen LogP contribution >= 0.6 is 23.1 Å². The van der Waals surface area contributed by atoms with E-state index < -0.39 is 0 Å². The van der Waals surface area contributed by atoms with Crippen molar-refractivity contribution in [2.75, 3.05) is 0 Å². The largest absolute Gasteiger partial charge is 0.410 e. The maximum atomic E-state index is 5.85. The minimum Gasteiger partial charge on any atom is -0.410 e. The number of thioether (sulfide) groups is 1. The third-order valence-electron chi connectivity index (χ3n) is 4.47. The van der Waals surface area contributed by atoms with E-state index in [-0.39, 0.29) is 0 Å². The summed E-state index contributed by atoms with van der Waals surface area (Å²) in [7, 11) is 0. The zero-order chi connectivity index (χ0) is 16.7. The molecular weight excluding hydrogens is 342 g/mol. The summed E-state index contributed by atoms with van der Waals surface area (Å²) in [6.07, 6.45) is 3.60. The minimum atomic E-state index is 0.588. The van der Waals surface area contributed by atoms with E-state index in [0.29, 0.717) is 11.1 Å². The number of hydrogen-bond donors (Lipinski definition) is 0. The maximum Gasteiger partial charge on any atom is 0.277 e.